The van der Waals surface area contributed by atoms with Gasteiger partial charge in [-0.1, -0.05) is 18.2 Å². The van der Waals surface area contributed by atoms with Crippen LogP contribution in [0.15, 0.2) is 54.9 Å². The molecule has 1 aromatic heterocycles. The third-order valence-electron chi connectivity index (χ3n) is 5.18. The molecular weight excluding hydrogens is 362 g/mol. The fourth-order valence-corrected chi connectivity index (χ4v) is 3.85. The van der Waals surface area contributed by atoms with E-state index in [4.69, 9.17) is 4.74 Å². The Morgan fingerprint density at radius 1 is 0.862 bits per heavy atom. The maximum Gasteiger partial charge on any atom is 0.142 e. The summed E-state index contributed by atoms with van der Waals surface area (Å²) in [6.07, 6.45) is 1.63. The van der Waals surface area contributed by atoms with Crippen molar-refractivity contribution in [2.75, 3.05) is 48.4 Å². The third kappa shape index (κ3) is 4.42. The standard InChI is InChI=1S/C23H27N5O/c1-17-12-18(2)14-19(13-17)26-22-15-23(25-16-24-22)28-10-8-27(9-11-28)20-6-4-5-7-21(20)29-3/h4-7,12-16H,8-11H2,1-3H3,(H,24,25,26). The lowest BCUT2D eigenvalue weighted by Gasteiger charge is -2.37. The fraction of sp³-hybridized carbons (Fsp3) is 0.304. The van der Waals surface area contributed by atoms with Crippen LogP contribution in [-0.2, 0) is 0 Å². The van der Waals surface area contributed by atoms with Crippen molar-refractivity contribution in [3.05, 3.63) is 66.0 Å². The van der Waals surface area contributed by atoms with Crippen LogP contribution in [0.3, 0.4) is 0 Å². The van der Waals surface area contributed by atoms with Crippen LogP contribution in [0, 0.1) is 13.8 Å². The van der Waals surface area contributed by atoms with Crippen LogP contribution in [0.25, 0.3) is 0 Å². The Morgan fingerprint density at radius 2 is 1.55 bits per heavy atom. The summed E-state index contributed by atoms with van der Waals surface area (Å²) in [7, 11) is 1.72. The molecule has 1 N–H and O–H groups in total. The van der Waals surface area contributed by atoms with Crippen molar-refractivity contribution in [1.82, 2.24) is 9.97 Å². The zero-order valence-corrected chi connectivity index (χ0v) is 17.2. The number of ether oxygens (including phenoxy) is 1. The summed E-state index contributed by atoms with van der Waals surface area (Å²) >= 11 is 0. The minimum atomic E-state index is 0.812. The van der Waals surface area contributed by atoms with Gasteiger partial charge in [0.1, 0.15) is 23.7 Å². The third-order valence-corrected chi connectivity index (χ3v) is 5.18. The van der Waals surface area contributed by atoms with Gasteiger partial charge in [0.25, 0.3) is 0 Å². The van der Waals surface area contributed by atoms with Gasteiger partial charge in [0.15, 0.2) is 0 Å². The Hall–Kier alpha value is -3.28. The molecule has 150 valence electrons. The molecule has 1 aliphatic heterocycles. The van der Waals surface area contributed by atoms with Gasteiger partial charge < -0.3 is 19.9 Å². The van der Waals surface area contributed by atoms with Crippen LogP contribution < -0.4 is 19.9 Å². The van der Waals surface area contributed by atoms with Crippen molar-refractivity contribution in [2.45, 2.75) is 13.8 Å². The molecule has 0 aliphatic carbocycles. The highest BCUT2D eigenvalue weighted by atomic mass is 16.5. The number of nitrogens with zero attached hydrogens (tertiary/aromatic N) is 4. The summed E-state index contributed by atoms with van der Waals surface area (Å²) in [5.41, 5.74) is 4.66. The number of aryl methyl sites for hydroxylation is 2. The normalized spacial score (nSPS) is 14.0. The van der Waals surface area contributed by atoms with E-state index in [1.54, 1.807) is 13.4 Å². The molecule has 6 nitrogen and oxygen atoms in total. The first kappa shape index (κ1) is 19.1. The molecule has 0 unspecified atom stereocenters. The van der Waals surface area contributed by atoms with Gasteiger partial charge in [-0.25, -0.2) is 9.97 Å². The molecule has 1 fully saturated rings. The van der Waals surface area contributed by atoms with E-state index in [1.165, 1.54) is 11.1 Å². The lowest BCUT2D eigenvalue weighted by atomic mass is 10.1. The molecule has 4 rings (SSSR count). The van der Waals surface area contributed by atoms with Crippen LogP contribution in [0.1, 0.15) is 11.1 Å². The average molecular weight is 390 g/mol. The van der Waals surface area contributed by atoms with Crippen LogP contribution >= 0.6 is 0 Å². The number of nitrogens with one attached hydrogen (secondary N) is 1. The first-order chi connectivity index (χ1) is 14.1. The quantitative estimate of drug-likeness (QED) is 0.707. The number of rotatable bonds is 5. The maximum atomic E-state index is 5.51. The van der Waals surface area contributed by atoms with Crippen molar-refractivity contribution in [3.63, 3.8) is 0 Å². The number of piperazine rings is 1. The van der Waals surface area contributed by atoms with E-state index in [0.29, 0.717) is 0 Å². The van der Waals surface area contributed by atoms with E-state index in [9.17, 15) is 0 Å². The van der Waals surface area contributed by atoms with E-state index in [-0.39, 0.29) is 0 Å². The van der Waals surface area contributed by atoms with Crippen molar-refractivity contribution < 1.29 is 4.74 Å². The van der Waals surface area contributed by atoms with Gasteiger partial charge in [0.2, 0.25) is 0 Å². The second-order valence-electron chi connectivity index (χ2n) is 7.41. The molecule has 0 amide bonds. The second kappa shape index (κ2) is 8.39. The molecule has 6 heteroatoms. The number of methoxy groups -OCH3 is 1. The Labute approximate surface area is 172 Å². The van der Waals surface area contributed by atoms with Gasteiger partial charge >= 0.3 is 0 Å². The first-order valence-corrected chi connectivity index (χ1v) is 9.92. The van der Waals surface area contributed by atoms with E-state index in [1.807, 2.05) is 18.2 Å². The predicted octanol–water partition coefficient (Wildman–Crippen LogP) is 4.17. The number of aromatic nitrogens is 2. The Balaban J connectivity index is 1.44. The van der Waals surface area contributed by atoms with Gasteiger partial charge in [-0.2, -0.15) is 0 Å². The molecule has 1 aliphatic rings. The summed E-state index contributed by atoms with van der Waals surface area (Å²) in [5, 5.41) is 3.41. The molecule has 1 saturated heterocycles. The van der Waals surface area contributed by atoms with E-state index < -0.39 is 0 Å². The van der Waals surface area contributed by atoms with E-state index in [0.717, 1.165) is 54.9 Å². The molecule has 3 aromatic rings. The summed E-state index contributed by atoms with van der Waals surface area (Å²) in [4.78, 5) is 13.6. The summed E-state index contributed by atoms with van der Waals surface area (Å²) < 4.78 is 5.51. The Kier molecular flexibility index (Phi) is 5.51. The largest absolute Gasteiger partial charge is 0.495 e. The molecule has 0 radical (unpaired) electrons. The van der Waals surface area contributed by atoms with E-state index in [2.05, 4.69) is 69.3 Å². The van der Waals surface area contributed by atoms with Gasteiger partial charge in [0.05, 0.1) is 12.8 Å². The lowest BCUT2D eigenvalue weighted by Crippen LogP contribution is -2.47. The molecule has 2 heterocycles. The van der Waals surface area contributed by atoms with Gasteiger partial charge in [-0.15, -0.1) is 0 Å². The number of benzene rings is 2. The number of para-hydroxylation sites is 2. The van der Waals surface area contributed by atoms with Crippen molar-refractivity contribution in [3.8, 4) is 5.75 Å². The smallest absolute Gasteiger partial charge is 0.142 e. The average Bonchev–Trinajstić information content (AvgIpc) is 2.73. The minimum absolute atomic E-state index is 0.812. The molecule has 0 spiro atoms. The molecule has 0 atom stereocenters. The number of hydrogen-bond acceptors (Lipinski definition) is 6. The first-order valence-electron chi connectivity index (χ1n) is 9.92. The molecule has 29 heavy (non-hydrogen) atoms. The zero-order valence-electron chi connectivity index (χ0n) is 17.2. The summed E-state index contributed by atoms with van der Waals surface area (Å²) in [5.74, 6) is 2.68. The molecule has 0 bridgehead atoms. The van der Waals surface area contributed by atoms with Crippen LogP contribution in [-0.4, -0.2) is 43.3 Å². The second-order valence-corrected chi connectivity index (χ2v) is 7.41. The van der Waals surface area contributed by atoms with Crippen molar-refractivity contribution in [2.24, 2.45) is 0 Å². The highest BCUT2D eigenvalue weighted by Crippen LogP contribution is 2.29. The number of hydrogen-bond donors (Lipinski definition) is 1. The summed E-state index contributed by atoms with van der Waals surface area (Å²) in [6, 6.07) is 16.6. The van der Waals surface area contributed by atoms with Crippen LogP contribution in [0.2, 0.25) is 0 Å². The van der Waals surface area contributed by atoms with Crippen LogP contribution in [0.4, 0.5) is 23.0 Å². The molecular formula is C23H27N5O. The van der Waals surface area contributed by atoms with Crippen molar-refractivity contribution in [1.29, 1.82) is 0 Å². The van der Waals surface area contributed by atoms with Gasteiger partial charge in [-0.3, -0.25) is 0 Å². The van der Waals surface area contributed by atoms with Gasteiger partial charge in [0, 0.05) is 37.9 Å². The number of anilines is 4. The summed E-state index contributed by atoms with van der Waals surface area (Å²) in [6.45, 7) is 7.85. The van der Waals surface area contributed by atoms with E-state index >= 15 is 0 Å². The SMILES string of the molecule is COc1ccccc1N1CCN(c2cc(Nc3cc(C)cc(C)c3)ncn2)CC1. The van der Waals surface area contributed by atoms with Crippen molar-refractivity contribution >= 4 is 23.0 Å². The Morgan fingerprint density at radius 3 is 2.28 bits per heavy atom. The lowest BCUT2D eigenvalue weighted by molar-refractivity contribution is 0.413. The van der Waals surface area contributed by atoms with Crippen LogP contribution in [0.5, 0.6) is 5.75 Å². The fourth-order valence-electron chi connectivity index (χ4n) is 3.85. The molecule has 2 aromatic carbocycles. The monoisotopic (exact) mass is 389 g/mol. The topological polar surface area (TPSA) is 53.5 Å². The highest BCUT2D eigenvalue weighted by molar-refractivity contribution is 5.62. The maximum absolute atomic E-state index is 5.51. The zero-order chi connectivity index (χ0) is 20.2. The highest BCUT2D eigenvalue weighted by Gasteiger charge is 2.20. The molecule has 0 saturated carbocycles. The van der Waals surface area contributed by atoms with Gasteiger partial charge in [-0.05, 0) is 49.2 Å². The predicted molar refractivity (Wildman–Crippen MR) is 119 cm³/mol. The minimum Gasteiger partial charge on any atom is -0.495 e. The Bertz CT molecular complexity index is 962.